The van der Waals surface area contributed by atoms with Crippen molar-refractivity contribution in [3.63, 3.8) is 0 Å². The lowest BCUT2D eigenvalue weighted by atomic mass is 10.2. The number of amides is 1. The SMILES string of the molecule is CC(=O)Nc1ccc(NC(C)c2nccn2C)cc1. The summed E-state index contributed by atoms with van der Waals surface area (Å²) in [5.74, 6) is 0.910. The molecule has 1 amide bonds. The van der Waals surface area contributed by atoms with Gasteiger partial charge in [-0.25, -0.2) is 4.98 Å². The minimum atomic E-state index is -0.0675. The number of nitrogens with zero attached hydrogens (tertiary/aromatic N) is 2. The number of nitrogens with one attached hydrogen (secondary N) is 2. The third-order valence-corrected chi connectivity index (χ3v) is 2.83. The summed E-state index contributed by atoms with van der Waals surface area (Å²) in [4.78, 5) is 15.2. The number of hydrogen-bond donors (Lipinski definition) is 2. The van der Waals surface area contributed by atoms with E-state index in [0.717, 1.165) is 17.2 Å². The quantitative estimate of drug-likeness (QED) is 0.886. The number of aromatic nitrogens is 2. The van der Waals surface area contributed by atoms with Crippen molar-refractivity contribution in [3.05, 3.63) is 42.5 Å². The fourth-order valence-electron chi connectivity index (χ4n) is 1.96. The Morgan fingerprint density at radius 3 is 2.42 bits per heavy atom. The van der Waals surface area contributed by atoms with Gasteiger partial charge in [-0.3, -0.25) is 4.79 Å². The number of rotatable bonds is 4. The average Bonchev–Trinajstić information content (AvgIpc) is 2.77. The van der Waals surface area contributed by atoms with Gasteiger partial charge < -0.3 is 15.2 Å². The Hall–Kier alpha value is -2.30. The highest BCUT2D eigenvalue weighted by atomic mass is 16.1. The van der Waals surface area contributed by atoms with Gasteiger partial charge in [-0.2, -0.15) is 0 Å². The predicted molar refractivity (Wildman–Crippen MR) is 76.0 cm³/mol. The van der Waals surface area contributed by atoms with Gasteiger partial charge in [0, 0.05) is 37.7 Å². The van der Waals surface area contributed by atoms with E-state index in [-0.39, 0.29) is 11.9 Å². The van der Waals surface area contributed by atoms with Gasteiger partial charge in [0.2, 0.25) is 5.91 Å². The summed E-state index contributed by atoms with van der Waals surface area (Å²) in [6, 6.07) is 7.73. The predicted octanol–water partition coefficient (Wildman–Crippen LogP) is 2.55. The van der Waals surface area contributed by atoms with E-state index in [1.54, 1.807) is 6.20 Å². The molecule has 1 unspecified atom stereocenters. The van der Waals surface area contributed by atoms with Crippen LogP contribution >= 0.6 is 0 Å². The Morgan fingerprint density at radius 1 is 1.26 bits per heavy atom. The zero-order valence-electron chi connectivity index (χ0n) is 11.3. The molecule has 2 N–H and O–H groups in total. The molecule has 1 aromatic heterocycles. The van der Waals surface area contributed by atoms with Crippen LogP contribution in [0, 0.1) is 0 Å². The zero-order valence-corrected chi connectivity index (χ0v) is 11.3. The lowest BCUT2D eigenvalue weighted by molar-refractivity contribution is -0.114. The molecule has 1 heterocycles. The summed E-state index contributed by atoms with van der Waals surface area (Å²) < 4.78 is 1.99. The number of imidazole rings is 1. The molecule has 19 heavy (non-hydrogen) atoms. The fourth-order valence-corrected chi connectivity index (χ4v) is 1.96. The van der Waals surface area contributed by atoms with Gasteiger partial charge in [0.15, 0.2) is 0 Å². The fraction of sp³-hybridized carbons (Fsp3) is 0.286. The standard InChI is InChI=1S/C14H18N4O/c1-10(14-15-8-9-18(14)3)16-12-4-6-13(7-5-12)17-11(2)19/h4-10,16H,1-3H3,(H,17,19). The lowest BCUT2D eigenvalue weighted by Crippen LogP contribution is -2.12. The van der Waals surface area contributed by atoms with E-state index < -0.39 is 0 Å². The van der Waals surface area contributed by atoms with Crippen molar-refractivity contribution >= 4 is 17.3 Å². The van der Waals surface area contributed by atoms with E-state index in [0.29, 0.717) is 0 Å². The van der Waals surface area contributed by atoms with Gasteiger partial charge in [-0.1, -0.05) is 0 Å². The molecule has 2 aromatic rings. The summed E-state index contributed by atoms with van der Waals surface area (Å²) in [6.45, 7) is 3.55. The van der Waals surface area contributed by atoms with Crippen molar-refractivity contribution in [3.8, 4) is 0 Å². The van der Waals surface area contributed by atoms with Crippen molar-refractivity contribution in [1.29, 1.82) is 0 Å². The van der Waals surface area contributed by atoms with Gasteiger partial charge in [-0.05, 0) is 31.2 Å². The topological polar surface area (TPSA) is 59.0 Å². The molecule has 0 radical (unpaired) electrons. The van der Waals surface area contributed by atoms with E-state index >= 15 is 0 Å². The van der Waals surface area contributed by atoms with Crippen molar-refractivity contribution in [2.75, 3.05) is 10.6 Å². The normalized spacial score (nSPS) is 11.9. The number of hydrogen-bond acceptors (Lipinski definition) is 3. The molecule has 0 aliphatic heterocycles. The summed E-state index contributed by atoms with van der Waals surface area (Å²) in [5, 5.41) is 6.11. The Morgan fingerprint density at radius 2 is 1.89 bits per heavy atom. The van der Waals surface area contributed by atoms with Crippen molar-refractivity contribution in [2.45, 2.75) is 19.9 Å². The highest BCUT2D eigenvalue weighted by Crippen LogP contribution is 2.19. The molecule has 0 spiro atoms. The Bertz CT molecular complexity index is 559. The first kappa shape index (κ1) is 13.1. The second-order valence-electron chi connectivity index (χ2n) is 4.52. The van der Waals surface area contributed by atoms with Crippen molar-refractivity contribution in [2.24, 2.45) is 7.05 Å². The average molecular weight is 258 g/mol. The smallest absolute Gasteiger partial charge is 0.221 e. The van der Waals surface area contributed by atoms with E-state index in [4.69, 9.17) is 0 Å². The molecule has 2 rings (SSSR count). The molecule has 1 aromatic carbocycles. The number of carbonyl (C=O) groups excluding carboxylic acids is 1. The minimum Gasteiger partial charge on any atom is -0.375 e. The van der Waals surface area contributed by atoms with Gasteiger partial charge >= 0.3 is 0 Å². The maximum Gasteiger partial charge on any atom is 0.221 e. The summed E-state index contributed by atoms with van der Waals surface area (Å²) in [5.41, 5.74) is 1.78. The molecule has 0 saturated carbocycles. The number of anilines is 2. The van der Waals surface area contributed by atoms with Crippen LogP contribution in [-0.4, -0.2) is 15.5 Å². The Kier molecular flexibility index (Phi) is 3.85. The van der Waals surface area contributed by atoms with E-state index in [1.807, 2.05) is 42.1 Å². The van der Waals surface area contributed by atoms with Crippen LogP contribution in [0.5, 0.6) is 0 Å². The third kappa shape index (κ3) is 3.34. The number of benzene rings is 1. The van der Waals surface area contributed by atoms with Crippen LogP contribution < -0.4 is 10.6 Å². The van der Waals surface area contributed by atoms with Crippen LogP contribution in [0.2, 0.25) is 0 Å². The summed E-state index contributed by atoms with van der Waals surface area (Å²) in [7, 11) is 1.97. The molecule has 100 valence electrons. The minimum absolute atomic E-state index is 0.0675. The van der Waals surface area contributed by atoms with Gasteiger partial charge in [-0.15, -0.1) is 0 Å². The maximum absolute atomic E-state index is 10.9. The number of carbonyl (C=O) groups is 1. The van der Waals surface area contributed by atoms with Gasteiger partial charge in [0.1, 0.15) is 5.82 Å². The zero-order chi connectivity index (χ0) is 13.8. The molecule has 5 heteroatoms. The van der Waals surface area contributed by atoms with Crippen LogP contribution in [0.15, 0.2) is 36.7 Å². The van der Waals surface area contributed by atoms with E-state index in [9.17, 15) is 4.79 Å². The maximum atomic E-state index is 10.9. The molecular weight excluding hydrogens is 240 g/mol. The monoisotopic (exact) mass is 258 g/mol. The Labute approximate surface area is 112 Å². The van der Waals surface area contributed by atoms with Gasteiger partial charge in [0.25, 0.3) is 0 Å². The largest absolute Gasteiger partial charge is 0.375 e. The highest BCUT2D eigenvalue weighted by molar-refractivity contribution is 5.88. The third-order valence-electron chi connectivity index (χ3n) is 2.83. The second kappa shape index (κ2) is 5.56. The van der Waals surface area contributed by atoms with Crippen LogP contribution in [0.3, 0.4) is 0 Å². The van der Waals surface area contributed by atoms with Crippen LogP contribution in [0.25, 0.3) is 0 Å². The van der Waals surface area contributed by atoms with Crippen LogP contribution in [0.4, 0.5) is 11.4 Å². The Balaban J connectivity index is 2.03. The van der Waals surface area contributed by atoms with Gasteiger partial charge in [0.05, 0.1) is 6.04 Å². The molecule has 0 aliphatic carbocycles. The summed E-state index contributed by atoms with van der Waals surface area (Å²) >= 11 is 0. The molecule has 5 nitrogen and oxygen atoms in total. The highest BCUT2D eigenvalue weighted by Gasteiger charge is 2.09. The van der Waals surface area contributed by atoms with E-state index in [2.05, 4.69) is 22.5 Å². The molecular formula is C14H18N4O. The second-order valence-corrected chi connectivity index (χ2v) is 4.52. The number of aryl methyl sites for hydroxylation is 1. The first-order valence-electron chi connectivity index (χ1n) is 6.17. The van der Waals surface area contributed by atoms with E-state index in [1.165, 1.54) is 6.92 Å². The summed E-state index contributed by atoms with van der Waals surface area (Å²) in [6.07, 6.45) is 3.71. The molecule has 1 atom stereocenters. The lowest BCUT2D eigenvalue weighted by Gasteiger charge is -2.15. The molecule has 0 fully saturated rings. The van der Waals surface area contributed by atoms with Crippen molar-refractivity contribution in [1.82, 2.24) is 9.55 Å². The van der Waals surface area contributed by atoms with Crippen LogP contribution in [0.1, 0.15) is 25.7 Å². The first-order chi connectivity index (χ1) is 9.06. The molecule has 0 aliphatic rings. The molecule has 0 bridgehead atoms. The van der Waals surface area contributed by atoms with Crippen LogP contribution in [-0.2, 0) is 11.8 Å². The first-order valence-corrected chi connectivity index (χ1v) is 6.17. The molecule has 0 saturated heterocycles. The van der Waals surface area contributed by atoms with Crippen molar-refractivity contribution < 1.29 is 4.79 Å².